The predicted octanol–water partition coefficient (Wildman–Crippen LogP) is 3.99. The fraction of sp³-hybridized carbons (Fsp3) is 0.138. The fourth-order valence-corrected chi connectivity index (χ4v) is 5.04. The fourth-order valence-electron chi connectivity index (χ4n) is 5.04. The van der Waals surface area contributed by atoms with Gasteiger partial charge in [-0.25, -0.2) is 4.98 Å². The summed E-state index contributed by atoms with van der Waals surface area (Å²) in [6.45, 7) is 0.224. The Morgan fingerprint density at radius 1 is 1.06 bits per heavy atom. The van der Waals surface area contributed by atoms with Crippen molar-refractivity contribution in [1.29, 1.82) is 5.26 Å². The lowest BCUT2D eigenvalue weighted by atomic mass is 9.82. The molecule has 2 aromatic heterocycles. The van der Waals surface area contributed by atoms with E-state index in [1.165, 1.54) is 0 Å². The van der Waals surface area contributed by atoms with Crippen LogP contribution in [-0.2, 0) is 26.3 Å². The molecule has 0 radical (unpaired) electrons. The van der Waals surface area contributed by atoms with E-state index in [1.54, 1.807) is 53.0 Å². The van der Waals surface area contributed by atoms with E-state index in [4.69, 9.17) is 4.74 Å². The molecule has 0 amide bonds. The number of aromatic nitrogens is 3. The maximum absolute atomic E-state index is 12.9. The molecule has 0 saturated heterocycles. The average Bonchev–Trinajstić information content (AvgIpc) is 3.34. The lowest BCUT2D eigenvalue weighted by Gasteiger charge is -2.30. The van der Waals surface area contributed by atoms with E-state index in [2.05, 4.69) is 11.1 Å². The number of pyridine rings is 1. The first-order valence-corrected chi connectivity index (χ1v) is 11.5. The Balaban J connectivity index is 1.77. The molecule has 3 heterocycles. The summed E-state index contributed by atoms with van der Waals surface area (Å²) in [5.41, 5.74) is 3.63. The monoisotopic (exact) mass is 474 g/mol. The Morgan fingerprint density at radius 3 is 2.64 bits per heavy atom. The van der Waals surface area contributed by atoms with Gasteiger partial charge in [-0.3, -0.25) is 4.79 Å². The highest BCUT2D eigenvalue weighted by Gasteiger charge is 2.37. The normalized spacial score (nSPS) is 16.5. The summed E-state index contributed by atoms with van der Waals surface area (Å²) in [7, 11) is 3.57. The molecule has 0 spiro atoms. The Hall–Kier alpha value is -4.67. The third-order valence-corrected chi connectivity index (χ3v) is 7.00. The van der Waals surface area contributed by atoms with Crippen LogP contribution < -0.4 is 10.3 Å². The Labute approximate surface area is 207 Å². The van der Waals surface area contributed by atoms with Crippen LogP contribution in [0.4, 0.5) is 0 Å². The average molecular weight is 475 g/mol. The van der Waals surface area contributed by atoms with Crippen LogP contribution in [0, 0.1) is 11.3 Å². The predicted molar refractivity (Wildman–Crippen MR) is 135 cm³/mol. The number of imidazole rings is 1. The van der Waals surface area contributed by atoms with Crippen LogP contribution in [0.1, 0.15) is 27.9 Å². The van der Waals surface area contributed by atoms with Gasteiger partial charge in [0, 0.05) is 25.5 Å². The summed E-state index contributed by atoms with van der Waals surface area (Å²) in [5.74, 6) is 0.382. The molecule has 0 fully saturated rings. The van der Waals surface area contributed by atoms with Crippen molar-refractivity contribution in [3.8, 4) is 22.9 Å². The van der Waals surface area contributed by atoms with Gasteiger partial charge in [0.25, 0.3) is 5.56 Å². The number of aryl methyl sites for hydroxylation is 2. The third kappa shape index (κ3) is 3.16. The molecule has 6 bridgehead atoms. The van der Waals surface area contributed by atoms with Crippen molar-refractivity contribution in [3.63, 3.8) is 0 Å². The topological polar surface area (TPSA) is 93.1 Å². The molecule has 1 N–H and O–H groups in total. The zero-order valence-corrected chi connectivity index (χ0v) is 19.8. The van der Waals surface area contributed by atoms with Gasteiger partial charge in [0.1, 0.15) is 18.4 Å². The number of nitriles is 1. The summed E-state index contributed by atoms with van der Waals surface area (Å²) in [5, 5.41) is 23.0. The summed E-state index contributed by atoms with van der Waals surface area (Å²) < 4.78 is 9.49. The molecule has 176 valence electrons. The van der Waals surface area contributed by atoms with Crippen molar-refractivity contribution < 1.29 is 9.84 Å². The zero-order valence-electron chi connectivity index (χ0n) is 19.8. The number of ether oxygens (including phenoxy) is 1. The van der Waals surface area contributed by atoms with Crippen molar-refractivity contribution in [1.82, 2.24) is 14.1 Å². The van der Waals surface area contributed by atoms with Gasteiger partial charge < -0.3 is 19.0 Å². The molecule has 7 heteroatoms. The second-order valence-electron chi connectivity index (χ2n) is 9.10. The van der Waals surface area contributed by atoms with Gasteiger partial charge >= 0.3 is 0 Å². The summed E-state index contributed by atoms with van der Waals surface area (Å²) in [4.78, 5) is 17.1. The van der Waals surface area contributed by atoms with Gasteiger partial charge in [-0.15, -0.1) is 0 Å². The van der Waals surface area contributed by atoms with Crippen LogP contribution in [-0.4, -0.2) is 19.2 Å². The molecule has 1 aliphatic rings. The van der Waals surface area contributed by atoms with E-state index in [-0.39, 0.29) is 12.2 Å². The Kier molecular flexibility index (Phi) is 4.82. The number of aliphatic hydroxyl groups is 1. The van der Waals surface area contributed by atoms with E-state index in [9.17, 15) is 15.2 Å². The van der Waals surface area contributed by atoms with Gasteiger partial charge in [0.15, 0.2) is 5.60 Å². The number of fused-ring (bicyclic) bond motifs is 6. The van der Waals surface area contributed by atoms with E-state index >= 15 is 0 Å². The third-order valence-electron chi connectivity index (χ3n) is 7.00. The van der Waals surface area contributed by atoms with E-state index < -0.39 is 5.60 Å². The van der Waals surface area contributed by atoms with Crippen molar-refractivity contribution in [3.05, 3.63) is 118 Å². The van der Waals surface area contributed by atoms with Gasteiger partial charge in [0.05, 0.1) is 29.3 Å². The first kappa shape index (κ1) is 21.8. The van der Waals surface area contributed by atoms with Crippen LogP contribution in [0.25, 0.3) is 22.0 Å². The van der Waals surface area contributed by atoms with Gasteiger partial charge in [-0.2, -0.15) is 5.26 Å². The van der Waals surface area contributed by atoms with Gasteiger partial charge in [0.2, 0.25) is 0 Å². The number of rotatable bonds is 1. The van der Waals surface area contributed by atoms with Gasteiger partial charge in [-0.05, 0) is 58.1 Å². The van der Waals surface area contributed by atoms with E-state index in [1.807, 2.05) is 49.5 Å². The molecule has 3 aromatic carbocycles. The highest BCUT2D eigenvalue weighted by Crippen LogP contribution is 2.41. The maximum atomic E-state index is 12.9. The molecule has 0 aliphatic carbocycles. The lowest BCUT2D eigenvalue weighted by Crippen LogP contribution is -2.31. The van der Waals surface area contributed by atoms with Crippen LogP contribution in [0.5, 0.6) is 5.75 Å². The molecule has 0 saturated carbocycles. The van der Waals surface area contributed by atoms with Crippen LogP contribution in [0.3, 0.4) is 0 Å². The number of nitrogens with zero attached hydrogens (tertiary/aromatic N) is 4. The molecule has 36 heavy (non-hydrogen) atoms. The van der Waals surface area contributed by atoms with Crippen molar-refractivity contribution >= 4 is 10.9 Å². The number of benzene rings is 3. The minimum absolute atomic E-state index is 0.122. The number of hydrogen-bond donors (Lipinski definition) is 1. The zero-order chi connectivity index (χ0) is 25.0. The van der Waals surface area contributed by atoms with E-state index in [0.717, 1.165) is 27.6 Å². The molecule has 0 unspecified atom stereocenters. The van der Waals surface area contributed by atoms with Crippen LogP contribution in [0.15, 0.2) is 84.0 Å². The molecule has 7 nitrogen and oxygen atoms in total. The largest absolute Gasteiger partial charge is 0.488 e. The highest BCUT2D eigenvalue weighted by molar-refractivity contribution is 5.95. The highest BCUT2D eigenvalue weighted by atomic mass is 16.5. The Bertz CT molecular complexity index is 1780. The number of hydrogen-bond acceptors (Lipinski definition) is 5. The standard InChI is InChI=1S/C29H22N4O3/c1-32-17-31-15-27(32)29(35)21-8-9-25-24(11-21)23(13-28(34)33(25)2)19-5-3-4-18(10-19)16-36-26-12-22(29)7-6-20(26)14-30/h3-13,15,17,35H,16H2,1-2H3/t29-/m0/s1. The lowest BCUT2D eigenvalue weighted by molar-refractivity contribution is 0.117. The smallest absolute Gasteiger partial charge is 0.251 e. The Morgan fingerprint density at radius 2 is 1.86 bits per heavy atom. The van der Waals surface area contributed by atoms with Crippen LogP contribution in [0.2, 0.25) is 0 Å². The molecule has 1 aliphatic heterocycles. The van der Waals surface area contributed by atoms with Crippen molar-refractivity contribution in [2.24, 2.45) is 14.1 Å². The van der Waals surface area contributed by atoms with E-state index in [0.29, 0.717) is 28.1 Å². The van der Waals surface area contributed by atoms with Crippen LogP contribution >= 0.6 is 0 Å². The maximum Gasteiger partial charge on any atom is 0.251 e. The van der Waals surface area contributed by atoms with Crippen molar-refractivity contribution in [2.75, 3.05) is 0 Å². The summed E-state index contributed by atoms with van der Waals surface area (Å²) in [6.07, 6.45) is 3.27. The van der Waals surface area contributed by atoms with Gasteiger partial charge in [-0.1, -0.05) is 30.3 Å². The second-order valence-corrected chi connectivity index (χ2v) is 9.10. The summed E-state index contributed by atoms with van der Waals surface area (Å²) >= 11 is 0. The minimum Gasteiger partial charge on any atom is -0.488 e. The molecular formula is C29H22N4O3. The molecular weight excluding hydrogens is 452 g/mol. The first-order chi connectivity index (χ1) is 17.4. The quantitative estimate of drug-likeness (QED) is 0.397. The molecule has 6 rings (SSSR count). The SMILES string of the molecule is Cn1cncc1[C@@]1(O)c2ccc(C#N)c(c2)OCc2cccc(c2)-c2cc(=O)n(C)c3ccc1cc23. The van der Waals surface area contributed by atoms with Crippen molar-refractivity contribution in [2.45, 2.75) is 12.2 Å². The molecule has 5 aromatic rings. The summed E-state index contributed by atoms with van der Waals surface area (Å²) in [6, 6.07) is 22.4. The minimum atomic E-state index is -1.61. The first-order valence-electron chi connectivity index (χ1n) is 11.5. The second kappa shape index (κ2) is 7.94. The molecule has 1 atom stereocenters.